The number of rotatable bonds is 1. The number of anilines is 1. The van der Waals surface area contributed by atoms with Gasteiger partial charge in [-0.25, -0.2) is 4.79 Å². The lowest BCUT2D eigenvalue weighted by molar-refractivity contribution is -0.132. The summed E-state index contributed by atoms with van der Waals surface area (Å²) >= 11 is 5.99. The first-order valence-electron chi connectivity index (χ1n) is 6.04. The molecule has 1 aromatic carbocycles. The van der Waals surface area contributed by atoms with E-state index in [-0.39, 0.29) is 11.9 Å². The van der Waals surface area contributed by atoms with Crippen molar-refractivity contribution in [2.75, 3.05) is 18.4 Å². The molecule has 3 amide bonds. The Balaban J connectivity index is 2.16. The van der Waals surface area contributed by atoms with Gasteiger partial charge in [0.15, 0.2) is 0 Å². The first kappa shape index (κ1) is 13.7. The first-order chi connectivity index (χ1) is 8.93. The van der Waals surface area contributed by atoms with Crippen molar-refractivity contribution in [1.29, 1.82) is 0 Å². The summed E-state index contributed by atoms with van der Waals surface area (Å²) < 4.78 is 0. The normalized spacial score (nSPS) is 17.8. The third kappa shape index (κ3) is 2.66. The SMILES string of the molecule is CC1(C)C(=O)NCCN1C(=O)Nc1ccccc1Cl. The fourth-order valence-corrected chi connectivity index (χ4v) is 2.18. The molecule has 5 nitrogen and oxygen atoms in total. The molecule has 19 heavy (non-hydrogen) atoms. The van der Waals surface area contributed by atoms with Crippen LogP contribution in [0.15, 0.2) is 24.3 Å². The number of hydrogen-bond donors (Lipinski definition) is 2. The van der Waals surface area contributed by atoms with Crippen LogP contribution in [-0.2, 0) is 4.79 Å². The Morgan fingerprint density at radius 1 is 1.42 bits per heavy atom. The summed E-state index contributed by atoms with van der Waals surface area (Å²) in [5, 5.41) is 5.94. The van der Waals surface area contributed by atoms with Crippen molar-refractivity contribution in [2.24, 2.45) is 0 Å². The quantitative estimate of drug-likeness (QED) is 0.828. The number of benzene rings is 1. The molecule has 102 valence electrons. The van der Waals surface area contributed by atoms with Crippen molar-refractivity contribution in [2.45, 2.75) is 19.4 Å². The second kappa shape index (κ2) is 5.09. The van der Waals surface area contributed by atoms with Crippen LogP contribution in [0.4, 0.5) is 10.5 Å². The van der Waals surface area contributed by atoms with Gasteiger partial charge in [0.25, 0.3) is 0 Å². The van der Waals surface area contributed by atoms with Gasteiger partial charge in [-0.3, -0.25) is 4.79 Å². The molecule has 1 aliphatic heterocycles. The number of urea groups is 1. The van der Waals surface area contributed by atoms with Crippen molar-refractivity contribution in [3.63, 3.8) is 0 Å². The van der Waals surface area contributed by atoms with E-state index in [0.29, 0.717) is 23.8 Å². The number of hydrogen-bond acceptors (Lipinski definition) is 2. The molecule has 1 aliphatic rings. The minimum atomic E-state index is -0.871. The predicted octanol–water partition coefficient (Wildman–Crippen LogP) is 2.08. The standard InChI is InChI=1S/C13H16ClN3O2/c1-13(2)11(18)15-7-8-17(13)12(19)16-10-6-4-3-5-9(10)14/h3-6H,7-8H2,1-2H3,(H,15,18)(H,16,19). The summed E-state index contributed by atoms with van der Waals surface area (Å²) in [4.78, 5) is 25.6. The molecule has 1 fully saturated rings. The number of carbonyl (C=O) groups excluding carboxylic acids is 2. The molecule has 0 aromatic heterocycles. The van der Waals surface area contributed by atoms with E-state index in [1.54, 1.807) is 38.1 Å². The molecule has 0 radical (unpaired) electrons. The summed E-state index contributed by atoms with van der Waals surface area (Å²) in [7, 11) is 0. The van der Waals surface area contributed by atoms with Crippen LogP contribution in [0.5, 0.6) is 0 Å². The van der Waals surface area contributed by atoms with Gasteiger partial charge in [0.1, 0.15) is 5.54 Å². The van der Waals surface area contributed by atoms with Gasteiger partial charge in [-0.15, -0.1) is 0 Å². The van der Waals surface area contributed by atoms with Crippen molar-refractivity contribution in [3.05, 3.63) is 29.3 Å². The topological polar surface area (TPSA) is 61.4 Å². The molecule has 0 bridgehead atoms. The van der Waals surface area contributed by atoms with Crippen LogP contribution in [0.1, 0.15) is 13.8 Å². The number of nitrogens with one attached hydrogen (secondary N) is 2. The Kier molecular flexibility index (Phi) is 3.66. The monoisotopic (exact) mass is 281 g/mol. The number of amides is 3. The molecular weight excluding hydrogens is 266 g/mol. The number of halogens is 1. The lowest BCUT2D eigenvalue weighted by atomic mass is 9.99. The van der Waals surface area contributed by atoms with Crippen LogP contribution in [-0.4, -0.2) is 35.5 Å². The molecule has 0 saturated carbocycles. The zero-order chi connectivity index (χ0) is 14.0. The lowest BCUT2D eigenvalue weighted by Gasteiger charge is -2.40. The number of piperazine rings is 1. The highest BCUT2D eigenvalue weighted by atomic mass is 35.5. The van der Waals surface area contributed by atoms with Gasteiger partial charge in [-0.2, -0.15) is 0 Å². The number of para-hydroxylation sites is 1. The highest BCUT2D eigenvalue weighted by Gasteiger charge is 2.40. The van der Waals surface area contributed by atoms with E-state index in [4.69, 9.17) is 11.6 Å². The molecule has 0 spiro atoms. The molecule has 2 rings (SSSR count). The van der Waals surface area contributed by atoms with Gasteiger partial charge >= 0.3 is 6.03 Å². The van der Waals surface area contributed by atoms with Crippen LogP contribution >= 0.6 is 11.6 Å². The largest absolute Gasteiger partial charge is 0.352 e. The van der Waals surface area contributed by atoms with Crippen LogP contribution in [0, 0.1) is 0 Å². The van der Waals surface area contributed by atoms with Crippen LogP contribution < -0.4 is 10.6 Å². The fourth-order valence-electron chi connectivity index (χ4n) is 2.00. The molecular formula is C13H16ClN3O2. The van der Waals surface area contributed by atoms with Gasteiger partial charge in [0, 0.05) is 13.1 Å². The average Bonchev–Trinajstić information content (AvgIpc) is 2.35. The third-order valence-corrected chi connectivity index (χ3v) is 3.54. The van der Waals surface area contributed by atoms with Crippen LogP contribution in [0.25, 0.3) is 0 Å². The van der Waals surface area contributed by atoms with Gasteiger partial charge in [0.05, 0.1) is 10.7 Å². The number of carbonyl (C=O) groups is 2. The first-order valence-corrected chi connectivity index (χ1v) is 6.42. The minimum Gasteiger partial charge on any atom is -0.352 e. The maximum atomic E-state index is 12.3. The highest BCUT2D eigenvalue weighted by molar-refractivity contribution is 6.33. The van der Waals surface area contributed by atoms with E-state index in [0.717, 1.165) is 0 Å². The van der Waals surface area contributed by atoms with Gasteiger partial charge in [-0.1, -0.05) is 23.7 Å². The fraction of sp³-hybridized carbons (Fsp3) is 0.385. The summed E-state index contributed by atoms with van der Waals surface area (Å²) in [5.41, 5.74) is -0.334. The molecule has 0 atom stereocenters. The molecule has 6 heteroatoms. The summed E-state index contributed by atoms with van der Waals surface area (Å²) in [6.45, 7) is 4.36. The zero-order valence-corrected chi connectivity index (χ0v) is 11.6. The van der Waals surface area contributed by atoms with Crippen LogP contribution in [0.3, 0.4) is 0 Å². The average molecular weight is 282 g/mol. The Bertz CT molecular complexity index is 516. The highest BCUT2D eigenvalue weighted by Crippen LogP contribution is 2.23. The van der Waals surface area contributed by atoms with Crippen molar-refractivity contribution < 1.29 is 9.59 Å². The summed E-state index contributed by atoms with van der Waals surface area (Å²) in [6, 6.07) is 6.67. The predicted molar refractivity (Wildman–Crippen MR) is 74.3 cm³/mol. The number of nitrogens with zero attached hydrogens (tertiary/aromatic N) is 1. The Morgan fingerprint density at radius 3 is 2.79 bits per heavy atom. The van der Waals surface area contributed by atoms with Gasteiger partial charge < -0.3 is 15.5 Å². The van der Waals surface area contributed by atoms with Crippen molar-refractivity contribution >= 4 is 29.2 Å². The third-order valence-electron chi connectivity index (χ3n) is 3.21. The Morgan fingerprint density at radius 2 is 2.11 bits per heavy atom. The minimum absolute atomic E-state index is 0.159. The van der Waals surface area contributed by atoms with E-state index in [9.17, 15) is 9.59 Å². The van der Waals surface area contributed by atoms with Gasteiger partial charge in [0.2, 0.25) is 5.91 Å². The van der Waals surface area contributed by atoms with E-state index in [2.05, 4.69) is 10.6 Å². The zero-order valence-electron chi connectivity index (χ0n) is 10.9. The Labute approximate surface area is 116 Å². The lowest BCUT2D eigenvalue weighted by Crippen LogP contribution is -2.64. The molecule has 0 aliphatic carbocycles. The van der Waals surface area contributed by atoms with E-state index in [1.165, 1.54) is 4.90 Å². The molecule has 1 saturated heterocycles. The summed E-state index contributed by atoms with van der Waals surface area (Å²) in [5.74, 6) is -0.159. The molecule has 1 heterocycles. The molecule has 2 N–H and O–H groups in total. The van der Waals surface area contributed by atoms with Crippen molar-refractivity contribution in [1.82, 2.24) is 10.2 Å². The second-order valence-corrected chi connectivity index (χ2v) is 5.28. The summed E-state index contributed by atoms with van der Waals surface area (Å²) in [6.07, 6.45) is 0. The maximum Gasteiger partial charge on any atom is 0.322 e. The van der Waals surface area contributed by atoms with Crippen LogP contribution in [0.2, 0.25) is 5.02 Å². The maximum absolute atomic E-state index is 12.3. The van der Waals surface area contributed by atoms with E-state index >= 15 is 0 Å². The van der Waals surface area contributed by atoms with Gasteiger partial charge in [-0.05, 0) is 26.0 Å². The molecule has 0 unspecified atom stereocenters. The van der Waals surface area contributed by atoms with Crippen molar-refractivity contribution in [3.8, 4) is 0 Å². The van der Waals surface area contributed by atoms with E-state index in [1.807, 2.05) is 0 Å². The van der Waals surface area contributed by atoms with E-state index < -0.39 is 5.54 Å². The second-order valence-electron chi connectivity index (χ2n) is 4.88. The Hall–Kier alpha value is -1.75. The smallest absolute Gasteiger partial charge is 0.322 e. The molecule has 1 aromatic rings.